The van der Waals surface area contributed by atoms with E-state index >= 15 is 0 Å². The lowest BCUT2D eigenvalue weighted by Gasteiger charge is -2.25. The molecule has 0 radical (unpaired) electrons. The van der Waals surface area contributed by atoms with Gasteiger partial charge in [-0.1, -0.05) is 24.3 Å². The lowest BCUT2D eigenvalue weighted by Crippen LogP contribution is -2.29. The summed E-state index contributed by atoms with van der Waals surface area (Å²) in [6.45, 7) is 1.38. The van der Waals surface area contributed by atoms with Gasteiger partial charge in [-0.25, -0.2) is 4.68 Å². The van der Waals surface area contributed by atoms with Gasteiger partial charge in [-0.3, -0.25) is 4.79 Å². The maximum Gasteiger partial charge on any atom is 0.241 e. The van der Waals surface area contributed by atoms with E-state index in [0.717, 1.165) is 19.3 Å². The fraction of sp³-hybridized carbons (Fsp3) is 0.500. The maximum absolute atomic E-state index is 11.7. The molecule has 1 N–H and O–H groups in total. The Balaban J connectivity index is 1.35. The number of aryl methyl sites for hydroxylation is 1. The molecule has 1 aliphatic rings. The average Bonchev–Trinajstić information content (AvgIpc) is 3.07. The van der Waals surface area contributed by atoms with E-state index in [1.54, 1.807) is 0 Å². The molecule has 1 atom stereocenters. The van der Waals surface area contributed by atoms with E-state index in [1.165, 1.54) is 28.6 Å². The second-order valence-corrected chi connectivity index (χ2v) is 5.66. The van der Waals surface area contributed by atoms with E-state index in [4.69, 9.17) is 4.74 Å². The minimum Gasteiger partial charge on any atom is -0.373 e. The molecule has 0 saturated carbocycles. The third kappa shape index (κ3) is 4.35. The fourth-order valence-electron chi connectivity index (χ4n) is 2.86. The Morgan fingerprint density at radius 2 is 2.30 bits per heavy atom. The minimum atomic E-state index is -0.0969. The maximum atomic E-state index is 11.7. The molecular weight excluding hydrogens is 294 g/mol. The molecule has 0 spiro atoms. The Labute approximate surface area is 135 Å². The Hall–Kier alpha value is -2.28. The van der Waals surface area contributed by atoms with Gasteiger partial charge in [0.1, 0.15) is 12.9 Å². The van der Waals surface area contributed by atoms with E-state index in [9.17, 15) is 4.79 Å². The van der Waals surface area contributed by atoms with Gasteiger partial charge in [-0.2, -0.15) is 0 Å². The first-order valence-corrected chi connectivity index (χ1v) is 8.00. The van der Waals surface area contributed by atoms with Crippen molar-refractivity contribution >= 4 is 5.91 Å². The molecule has 2 aromatic rings. The zero-order valence-electron chi connectivity index (χ0n) is 13.0. The lowest BCUT2D eigenvalue weighted by atomic mass is 9.89. The van der Waals surface area contributed by atoms with Crippen LogP contribution in [0.1, 0.15) is 36.5 Å². The zero-order valence-corrected chi connectivity index (χ0v) is 13.0. The number of hydrogen-bond donors (Lipinski definition) is 1. The fourth-order valence-corrected chi connectivity index (χ4v) is 2.86. The van der Waals surface area contributed by atoms with Gasteiger partial charge in [0.25, 0.3) is 0 Å². The molecule has 7 nitrogen and oxygen atoms in total. The summed E-state index contributed by atoms with van der Waals surface area (Å²) >= 11 is 0. The van der Waals surface area contributed by atoms with Crippen LogP contribution in [-0.4, -0.2) is 39.3 Å². The first kappa shape index (κ1) is 15.6. The van der Waals surface area contributed by atoms with Gasteiger partial charge in [0.05, 0.1) is 6.10 Å². The van der Waals surface area contributed by atoms with Crippen LogP contribution in [0.3, 0.4) is 0 Å². The largest absolute Gasteiger partial charge is 0.373 e. The van der Waals surface area contributed by atoms with Crippen LogP contribution in [0.5, 0.6) is 0 Å². The highest BCUT2D eigenvalue weighted by atomic mass is 16.5. The van der Waals surface area contributed by atoms with Crippen LogP contribution in [0.4, 0.5) is 0 Å². The van der Waals surface area contributed by atoms with Crippen LogP contribution < -0.4 is 5.32 Å². The molecule has 0 fully saturated rings. The summed E-state index contributed by atoms with van der Waals surface area (Å²) in [7, 11) is 0. The molecule has 23 heavy (non-hydrogen) atoms. The number of benzene rings is 1. The number of rotatable bonds is 7. The number of aromatic nitrogens is 4. The quantitative estimate of drug-likeness (QED) is 0.778. The van der Waals surface area contributed by atoms with Crippen molar-refractivity contribution in [2.45, 2.75) is 38.3 Å². The summed E-state index contributed by atoms with van der Waals surface area (Å²) in [5.41, 5.74) is 2.72. The van der Waals surface area contributed by atoms with Gasteiger partial charge in [0.15, 0.2) is 0 Å². The van der Waals surface area contributed by atoms with Crippen molar-refractivity contribution < 1.29 is 9.53 Å². The van der Waals surface area contributed by atoms with Crippen LogP contribution in [-0.2, 0) is 22.5 Å². The summed E-state index contributed by atoms with van der Waals surface area (Å²) in [6.07, 6.45) is 5.79. The number of nitrogens with zero attached hydrogens (tertiary/aromatic N) is 4. The summed E-state index contributed by atoms with van der Waals surface area (Å²) in [5.74, 6) is -0.0969. The van der Waals surface area contributed by atoms with Crippen molar-refractivity contribution in [1.82, 2.24) is 25.5 Å². The van der Waals surface area contributed by atoms with Crippen molar-refractivity contribution in [2.75, 3.05) is 13.2 Å². The first-order valence-electron chi connectivity index (χ1n) is 8.00. The second-order valence-electron chi connectivity index (χ2n) is 5.66. The van der Waals surface area contributed by atoms with Crippen LogP contribution >= 0.6 is 0 Å². The van der Waals surface area contributed by atoms with Crippen molar-refractivity contribution in [3.63, 3.8) is 0 Å². The number of tetrazole rings is 1. The van der Waals surface area contributed by atoms with Gasteiger partial charge in [-0.15, -0.1) is 5.10 Å². The number of fused-ring (bicyclic) bond motifs is 1. The molecular formula is C16H21N5O2. The third-order valence-corrected chi connectivity index (χ3v) is 3.97. The van der Waals surface area contributed by atoms with Crippen molar-refractivity contribution in [2.24, 2.45) is 0 Å². The van der Waals surface area contributed by atoms with Crippen LogP contribution in [0, 0.1) is 0 Å². The summed E-state index contributed by atoms with van der Waals surface area (Å²) in [6, 6.07) is 8.50. The molecule has 1 aromatic carbocycles. The Morgan fingerprint density at radius 1 is 1.39 bits per heavy atom. The molecule has 122 valence electrons. The summed E-state index contributed by atoms with van der Waals surface area (Å²) in [4.78, 5) is 11.7. The predicted molar refractivity (Wildman–Crippen MR) is 83.5 cm³/mol. The summed E-state index contributed by atoms with van der Waals surface area (Å²) in [5, 5.41) is 13.5. The van der Waals surface area contributed by atoms with Crippen molar-refractivity contribution in [1.29, 1.82) is 0 Å². The van der Waals surface area contributed by atoms with Gasteiger partial charge in [-0.05, 0) is 47.2 Å². The number of amides is 1. The number of carbonyl (C=O) groups is 1. The van der Waals surface area contributed by atoms with Gasteiger partial charge in [0, 0.05) is 13.2 Å². The SMILES string of the molecule is O=C(Cn1cnnn1)NCCCO[C@@H]1CCCc2ccccc21. The molecule has 1 heterocycles. The Bertz CT molecular complexity index is 629. The van der Waals surface area contributed by atoms with E-state index in [1.807, 2.05) is 0 Å². The third-order valence-electron chi connectivity index (χ3n) is 3.97. The highest BCUT2D eigenvalue weighted by molar-refractivity contribution is 5.75. The van der Waals surface area contributed by atoms with Crippen LogP contribution in [0.2, 0.25) is 0 Å². The van der Waals surface area contributed by atoms with E-state index in [0.29, 0.717) is 13.2 Å². The molecule has 7 heteroatoms. The molecule has 3 rings (SSSR count). The highest BCUT2D eigenvalue weighted by Gasteiger charge is 2.19. The smallest absolute Gasteiger partial charge is 0.241 e. The number of hydrogen-bond acceptors (Lipinski definition) is 5. The van der Waals surface area contributed by atoms with E-state index < -0.39 is 0 Å². The Kier molecular flexibility index (Phi) is 5.31. The average molecular weight is 315 g/mol. The number of ether oxygens (including phenoxy) is 1. The van der Waals surface area contributed by atoms with E-state index in [-0.39, 0.29) is 18.6 Å². The molecule has 1 aromatic heterocycles. The van der Waals surface area contributed by atoms with Crippen molar-refractivity contribution in [3.8, 4) is 0 Å². The van der Waals surface area contributed by atoms with Crippen LogP contribution in [0.15, 0.2) is 30.6 Å². The Morgan fingerprint density at radius 3 is 3.17 bits per heavy atom. The van der Waals surface area contributed by atoms with Gasteiger partial charge < -0.3 is 10.1 Å². The molecule has 0 aliphatic heterocycles. The standard InChI is InChI=1S/C16H21N5O2/c22-16(11-21-12-18-19-20-21)17-9-4-10-23-15-8-3-6-13-5-1-2-7-14(13)15/h1-2,5,7,12,15H,3-4,6,8-11H2,(H,17,22)/t15-/m1/s1. The lowest BCUT2D eigenvalue weighted by molar-refractivity contribution is -0.121. The van der Waals surface area contributed by atoms with Crippen LogP contribution in [0.25, 0.3) is 0 Å². The zero-order chi connectivity index (χ0) is 15.9. The molecule has 1 aliphatic carbocycles. The highest BCUT2D eigenvalue weighted by Crippen LogP contribution is 2.32. The molecule has 0 bridgehead atoms. The molecule has 0 saturated heterocycles. The normalized spacial score (nSPS) is 16.8. The second kappa shape index (κ2) is 7.82. The van der Waals surface area contributed by atoms with Gasteiger partial charge >= 0.3 is 0 Å². The monoisotopic (exact) mass is 315 g/mol. The molecule has 0 unspecified atom stereocenters. The number of carbonyl (C=O) groups excluding carboxylic acids is 1. The topological polar surface area (TPSA) is 81.9 Å². The summed E-state index contributed by atoms with van der Waals surface area (Å²) < 4.78 is 7.40. The van der Waals surface area contributed by atoms with Gasteiger partial charge in [0.2, 0.25) is 5.91 Å². The molecule has 1 amide bonds. The number of nitrogens with one attached hydrogen (secondary N) is 1. The first-order chi connectivity index (χ1) is 11.3. The predicted octanol–water partition coefficient (Wildman–Crippen LogP) is 1.27. The van der Waals surface area contributed by atoms with E-state index in [2.05, 4.69) is 45.1 Å². The minimum absolute atomic E-state index is 0.0969. The van der Waals surface area contributed by atoms with Crippen molar-refractivity contribution in [3.05, 3.63) is 41.7 Å².